The van der Waals surface area contributed by atoms with Crippen LogP contribution in [0, 0.1) is 13.8 Å². The molecule has 0 saturated heterocycles. The van der Waals surface area contributed by atoms with Gasteiger partial charge < -0.3 is 10.6 Å². The van der Waals surface area contributed by atoms with E-state index in [0.29, 0.717) is 6.04 Å². The number of benzene rings is 1. The molecule has 1 saturated carbocycles. The maximum atomic E-state index is 4.63. The van der Waals surface area contributed by atoms with Crippen molar-refractivity contribution in [2.45, 2.75) is 58.5 Å². The first-order valence-corrected chi connectivity index (χ1v) is 8.61. The van der Waals surface area contributed by atoms with Crippen molar-refractivity contribution in [3.05, 3.63) is 47.2 Å². The molecule has 1 heterocycles. The molecule has 0 unspecified atom stereocenters. The zero-order valence-electron chi connectivity index (χ0n) is 14.1. The SMILES string of the molecule is Cc1cccc(CNc2cc(C)nc(NC3CCCCC3)n2)c1. The van der Waals surface area contributed by atoms with Crippen LogP contribution in [0.1, 0.15) is 48.9 Å². The predicted octanol–water partition coefficient (Wildman–Crippen LogP) is 4.45. The van der Waals surface area contributed by atoms with Gasteiger partial charge in [-0.05, 0) is 32.3 Å². The summed E-state index contributed by atoms with van der Waals surface area (Å²) in [4.78, 5) is 9.17. The molecule has 0 radical (unpaired) electrons. The van der Waals surface area contributed by atoms with Crippen LogP contribution >= 0.6 is 0 Å². The molecule has 1 aromatic carbocycles. The molecule has 4 nitrogen and oxygen atoms in total. The number of hydrogen-bond acceptors (Lipinski definition) is 4. The Labute approximate surface area is 138 Å². The van der Waals surface area contributed by atoms with Crippen LogP contribution in [0.2, 0.25) is 0 Å². The monoisotopic (exact) mass is 310 g/mol. The van der Waals surface area contributed by atoms with Crippen LogP contribution in [0.3, 0.4) is 0 Å². The third-order valence-electron chi connectivity index (χ3n) is 4.35. The minimum absolute atomic E-state index is 0.523. The van der Waals surface area contributed by atoms with Gasteiger partial charge in [0.2, 0.25) is 5.95 Å². The third kappa shape index (κ3) is 4.68. The highest BCUT2D eigenvalue weighted by Crippen LogP contribution is 2.21. The first-order valence-electron chi connectivity index (χ1n) is 8.61. The first kappa shape index (κ1) is 15.8. The molecule has 122 valence electrons. The van der Waals surface area contributed by atoms with Crippen LogP contribution in [-0.4, -0.2) is 16.0 Å². The fraction of sp³-hybridized carbons (Fsp3) is 0.474. The molecule has 1 aliphatic carbocycles. The van der Waals surface area contributed by atoms with Crippen LogP contribution in [0.5, 0.6) is 0 Å². The maximum Gasteiger partial charge on any atom is 0.225 e. The summed E-state index contributed by atoms with van der Waals surface area (Å²) in [5.74, 6) is 1.64. The van der Waals surface area contributed by atoms with Crippen molar-refractivity contribution in [1.29, 1.82) is 0 Å². The number of aryl methyl sites for hydroxylation is 2. The van der Waals surface area contributed by atoms with Gasteiger partial charge in [0, 0.05) is 24.3 Å². The molecule has 1 fully saturated rings. The second kappa shape index (κ2) is 7.44. The Bertz CT molecular complexity index is 648. The maximum absolute atomic E-state index is 4.63. The molecule has 1 aliphatic rings. The second-order valence-electron chi connectivity index (χ2n) is 6.54. The Morgan fingerprint density at radius 2 is 1.87 bits per heavy atom. The Kier molecular flexibility index (Phi) is 5.11. The quantitative estimate of drug-likeness (QED) is 0.856. The first-order chi connectivity index (χ1) is 11.2. The summed E-state index contributed by atoms with van der Waals surface area (Å²) in [6.07, 6.45) is 6.42. The van der Waals surface area contributed by atoms with E-state index >= 15 is 0 Å². The molecule has 0 spiro atoms. The third-order valence-corrected chi connectivity index (χ3v) is 4.35. The number of aromatic nitrogens is 2. The van der Waals surface area contributed by atoms with Crippen molar-refractivity contribution in [2.75, 3.05) is 10.6 Å². The van der Waals surface area contributed by atoms with E-state index in [4.69, 9.17) is 0 Å². The van der Waals surface area contributed by atoms with Crippen molar-refractivity contribution in [3.63, 3.8) is 0 Å². The molecule has 2 N–H and O–H groups in total. The average Bonchev–Trinajstić information content (AvgIpc) is 2.53. The van der Waals surface area contributed by atoms with Crippen LogP contribution in [0.4, 0.5) is 11.8 Å². The van der Waals surface area contributed by atoms with Crippen molar-refractivity contribution in [3.8, 4) is 0 Å². The fourth-order valence-corrected chi connectivity index (χ4v) is 3.17. The number of nitrogens with one attached hydrogen (secondary N) is 2. The fourth-order valence-electron chi connectivity index (χ4n) is 3.17. The summed E-state index contributed by atoms with van der Waals surface area (Å²) in [6.45, 7) is 4.91. The van der Waals surface area contributed by atoms with E-state index in [2.05, 4.69) is 51.8 Å². The largest absolute Gasteiger partial charge is 0.366 e. The Hall–Kier alpha value is -2.10. The molecule has 2 aromatic rings. The summed E-state index contributed by atoms with van der Waals surface area (Å²) in [5, 5.41) is 6.92. The van der Waals surface area contributed by atoms with Crippen LogP contribution in [0.15, 0.2) is 30.3 Å². The van der Waals surface area contributed by atoms with Crippen LogP contribution < -0.4 is 10.6 Å². The van der Waals surface area contributed by atoms with E-state index in [9.17, 15) is 0 Å². The van der Waals surface area contributed by atoms with E-state index in [1.165, 1.54) is 43.2 Å². The van der Waals surface area contributed by atoms with E-state index in [1.54, 1.807) is 0 Å². The molecule has 4 heteroatoms. The highest BCUT2D eigenvalue weighted by Gasteiger charge is 2.14. The average molecular weight is 310 g/mol. The van der Waals surface area contributed by atoms with Gasteiger partial charge in [-0.1, -0.05) is 49.1 Å². The lowest BCUT2D eigenvalue weighted by molar-refractivity contribution is 0.461. The zero-order valence-corrected chi connectivity index (χ0v) is 14.1. The predicted molar refractivity (Wildman–Crippen MR) is 95.8 cm³/mol. The summed E-state index contributed by atoms with van der Waals surface area (Å²) >= 11 is 0. The summed E-state index contributed by atoms with van der Waals surface area (Å²) in [5.41, 5.74) is 3.54. The van der Waals surface area contributed by atoms with Gasteiger partial charge in [0.15, 0.2) is 0 Å². The topological polar surface area (TPSA) is 49.8 Å². The lowest BCUT2D eigenvalue weighted by Crippen LogP contribution is -2.23. The minimum Gasteiger partial charge on any atom is -0.366 e. The van der Waals surface area contributed by atoms with Crippen molar-refractivity contribution >= 4 is 11.8 Å². The number of anilines is 2. The molecule has 0 atom stereocenters. The number of rotatable bonds is 5. The smallest absolute Gasteiger partial charge is 0.225 e. The van der Waals surface area contributed by atoms with Crippen molar-refractivity contribution < 1.29 is 0 Å². The molecule has 0 bridgehead atoms. The van der Waals surface area contributed by atoms with Gasteiger partial charge in [-0.3, -0.25) is 0 Å². The van der Waals surface area contributed by atoms with Crippen LogP contribution in [0.25, 0.3) is 0 Å². The Balaban J connectivity index is 1.65. The molecule has 0 aliphatic heterocycles. The van der Waals surface area contributed by atoms with E-state index in [1.807, 2.05) is 13.0 Å². The van der Waals surface area contributed by atoms with Gasteiger partial charge in [0.1, 0.15) is 5.82 Å². The lowest BCUT2D eigenvalue weighted by atomic mass is 9.96. The summed E-state index contributed by atoms with van der Waals surface area (Å²) in [7, 11) is 0. The highest BCUT2D eigenvalue weighted by molar-refractivity contribution is 5.43. The van der Waals surface area contributed by atoms with Crippen LogP contribution in [-0.2, 0) is 6.54 Å². The van der Waals surface area contributed by atoms with E-state index in [-0.39, 0.29) is 0 Å². The molecule has 1 aromatic heterocycles. The van der Waals surface area contributed by atoms with Crippen molar-refractivity contribution in [1.82, 2.24) is 9.97 Å². The second-order valence-corrected chi connectivity index (χ2v) is 6.54. The van der Waals surface area contributed by atoms with E-state index < -0.39 is 0 Å². The summed E-state index contributed by atoms with van der Waals surface area (Å²) < 4.78 is 0. The summed E-state index contributed by atoms with van der Waals surface area (Å²) in [6, 6.07) is 11.1. The van der Waals surface area contributed by atoms with Gasteiger partial charge in [0.25, 0.3) is 0 Å². The molecular formula is C19H26N4. The van der Waals surface area contributed by atoms with Gasteiger partial charge in [-0.2, -0.15) is 4.98 Å². The van der Waals surface area contributed by atoms with Gasteiger partial charge in [0.05, 0.1) is 0 Å². The normalized spacial score (nSPS) is 15.4. The molecular weight excluding hydrogens is 284 g/mol. The zero-order chi connectivity index (χ0) is 16.1. The lowest BCUT2D eigenvalue weighted by Gasteiger charge is -2.23. The number of nitrogens with zero attached hydrogens (tertiary/aromatic N) is 2. The van der Waals surface area contributed by atoms with Crippen molar-refractivity contribution in [2.24, 2.45) is 0 Å². The molecule has 0 amide bonds. The minimum atomic E-state index is 0.523. The van der Waals surface area contributed by atoms with Gasteiger partial charge in [-0.25, -0.2) is 4.98 Å². The number of hydrogen-bond donors (Lipinski definition) is 2. The van der Waals surface area contributed by atoms with E-state index in [0.717, 1.165) is 24.0 Å². The molecule has 23 heavy (non-hydrogen) atoms. The Morgan fingerprint density at radius 1 is 1.04 bits per heavy atom. The molecule has 3 rings (SSSR count). The van der Waals surface area contributed by atoms with Gasteiger partial charge >= 0.3 is 0 Å². The standard InChI is InChI=1S/C19H26N4/c1-14-7-6-8-16(11-14)13-20-18-12-15(2)21-19(23-18)22-17-9-4-3-5-10-17/h6-8,11-12,17H,3-5,9-10,13H2,1-2H3,(H2,20,21,22,23). The van der Waals surface area contributed by atoms with Gasteiger partial charge in [-0.15, -0.1) is 0 Å². The Morgan fingerprint density at radius 3 is 2.65 bits per heavy atom. The highest BCUT2D eigenvalue weighted by atomic mass is 15.2.